The van der Waals surface area contributed by atoms with E-state index in [1.807, 2.05) is 6.07 Å². The van der Waals surface area contributed by atoms with Crippen molar-refractivity contribution in [2.24, 2.45) is 0 Å². The highest BCUT2D eigenvalue weighted by Crippen LogP contribution is 2.25. The van der Waals surface area contributed by atoms with Gasteiger partial charge in [-0.2, -0.15) is 0 Å². The Kier molecular flexibility index (Phi) is 7.05. The van der Waals surface area contributed by atoms with Crippen molar-refractivity contribution >= 4 is 23.0 Å². The number of hydrogen-bond donors (Lipinski definition) is 1. The van der Waals surface area contributed by atoms with Gasteiger partial charge in [0, 0.05) is 6.07 Å². The van der Waals surface area contributed by atoms with Crippen LogP contribution in [0.25, 0.3) is 11.0 Å². The van der Waals surface area contributed by atoms with Gasteiger partial charge in [-0.3, -0.25) is 4.79 Å². The minimum atomic E-state index is -1.12. The summed E-state index contributed by atoms with van der Waals surface area (Å²) < 4.78 is 22.0. The average Bonchev–Trinajstić information content (AvgIpc) is 2.84. The molecule has 1 aromatic heterocycles. The second-order valence-corrected chi connectivity index (χ2v) is 8.91. The monoisotopic (exact) mass is 487 g/mol. The summed E-state index contributed by atoms with van der Waals surface area (Å²) in [6.45, 7) is 5.17. The molecular weight excluding hydrogens is 462 g/mol. The SMILES string of the molecule is CC(C)(C)OC(=O)NC(C(=O)Oc1ccc2c(=O)c(Oc3ccccc3)coc2c1)c1ccccc1. The van der Waals surface area contributed by atoms with E-state index in [1.54, 1.807) is 75.4 Å². The highest BCUT2D eigenvalue weighted by Gasteiger charge is 2.27. The molecule has 184 valence electrons. The fourth-order valence-electron chi connectivity index (χ4n) is 3.36. The highest BCUT2D eigenvalue weighted by molar-refractivity contribution is 5.86. The molecule has 1 heterocycles. The van der Waals surface area contributed by atoms with Crippen LogP contribution in [-0.2, 0) is 9.53 Å². The van der Waals surface area contributed by atoms with Crippen LogP contribution in [0.3, 0.4) is 0 Å². The van der Waals surface area contributed by atoms with Crippen LogP contribution in [-0.4, -0.2) is 17.7 Å². The van der Waals surface area contributed by atoms with E-state index in [0.717, 1.165) is 0 Å². The van der Waals surface area contributed by atoms with Crippen LogP contribution in [0.1, 0.15) is 32.4 Å². The second kappa shape index (κ2) is 10.4. The van der Waals surface area contributed by atoms with Crippen molar-refractivity contribution in [2.45, 2.75) is 32.4 Å². The van der Waals surface area contributed by atoms with Gasteiger partial charge in [0.2, 0.25) is 11.2 Å². The first-order valence-electron chi connectivity index (χ1n) is 11.2. The third-order valence-electron chi connectivity index (χ3n) is 4.93. The molecule has 1 atom stereocenters. The predicted molar refractivity (Wildman–Crippen MR) is 133 cm³/mol. The normalized spacial score (nSPS) is 12.0. The van der Waals surface area contributed by atoms with Crippen LogP contribution in [0.4, 0.5) is 4.79 Å². The van der Waals surface area contributed by atoms with Crippen molar-refractivity contribution in [1.29, 1.82) is 0 Å². The molecule has 0 radical (unpaired) electrons. The zero-order chi connectivity index (χ0) is 25.7. The molecule has 8 nitrogen and oxygen atoms in total. The van der Waals surface area contributed by atoms with E-state index in [9.17, 15) is 14.4 Å². The Balaban J connectivity index is 1.56. The Hall–Kier alpha value is -4.59. The van der Waals surface area contributed by atoms with Crippen LogP contribution in [0.2, 0.25) is 0 Å². The second-order valence-electron chi connectivity index (χ2n) is 8.91. The van der Waals surface area contributed by atoms with E-state index in [0.29, 0.717) is 11.3 Å². The first-order valence-corrected chi connectivity index (χ1v) is 11.2. The van der Waals surface area contributed by atoms with Crippen molar-refractivity contribution in [3.8, 4) is 17.2 Å². The number of hydrogen-bond acceptors (Lipinski definition) is 7. The fourth-order valence-corrected chi connectivity index (χ4v) is 3.36. The Morgan fingerprint density at radius 2 is 1.56 bits per heavy atom. The van der Waals surface area contributed by atoms with Gasteiger partial charge in [0.25, 0.3) is 0 Å². The number of alkyl carbamates (subject to hydrolysis) is 1. The van der Waals surface area contributed by atoms with Gasteiger partial charge in [-0.1, -0.05) is 48.5 Å². The highest BCUT2D eigenvalue weighted by atomic mass is 16.6. The summed E-state index contributed by atoms with van der Waals surface area (Å²) in [6, 6.07) is 20.8. The molecule has 1 unspecified atom stereocenters. The number of esters is 1. The van der Waals surface area contributed by atoms with Crippen molar-refractivity contribution in [3.63, 3.8) is 0 Å². The van der Waals surface area contributed by atoms with Gasteiger partial charge in [0.05, 0.1) is 5.39 Å². The first-order chi connectivity index (χ1) is 17.2. The van der Waals surface area contributed by atoms with E-state index in [1.165, 1.54) is 24.5 Å². The van der Waals surface area contributed by atoms with E-state index >= 15 is 0 Å². The van der Waals surface area contributed by atoms with Crippen LogP contribution in [0, 0.1) is 0 Å². The number of amides is 1. The summed E-state index contributed by atoms with van der Waals surface area (Å²) in [6.07, 6.45) is 0.448. The van der Waals surface area contributed by atoms with Gasteiger partial charge in [0.1, 0.15) is 28.9 Å². The van der Waals surface area contributed by atoms with Crippen LogP contribution in [0.5, 0.6) is 17.2 Å². The van der Waals surface area contributed by atoms with Gasteiger partial charge in [-0.25, -0.2) is 9.59 Å². The van der Waals surface area contributed by atoms with Gasteiger partial charge in [0.15, 0.2) is 6.04 Å². The lowest BCUT2D eigenvalue weighted by atomic mass is 10.1. The van der Waals surface area contributed by atoms with E-state index in [4.69, 9.17) is 18.6 Å². The van der Waals surface area contributed by atoms with Crippen molar-refractivity contribution in [1.82, 2.24) is 5.32 Å². The molecule has 36 heavy (non-hydrogen) atoms. The van der Waals surface area contributed by atoms with E-state index in [-0.39, 0.29) is 27.9 Å². The molecule has 0 spiro atoms. The maximum absolute atomic E-state index is 13.1. The van der Waals surface area contributed by atoms with Gasteiger partial charge < -0.3 is 23.9 Å². The van der Waals surface area contributed by atoms with Crippen molar-refractivity contribution in [2.75, 3.05) is 0 Å². The maximum atomic E-state index is 13.1. The number of para-hydroxylation sites is 1. The molecule has 4 rings (SSSR count). The van der Waals surface area contributed by atoms with Gasteiger partial charge in [-0.15, -0.1) is 0 Å². The molecule has 0 saturated carbocycles. The quantitative estimate of drug-likeness (QED) is 0.272. The molecule has 8 heteroatoms. The third kappa shape index (κ3) is 6.09. The minimum Gasteiger partial charge on any atom is -0.460 e. The molecule has 0 aliphatic carbocycles. The van der Waals surface area contributed by atoms with Crippen LogP contribution < -0.4 is 20.2 Å². The van der Waals surface area contributed by atoms with E-state index in [2.05, 4.69) is 5.32 Å². The fraction of sp³-hybridized carbons (Fsp3) is 0.179. The molecule has 0 saturated heterocycles. The summed E-state index contributed by atoms with van der Waals surface area (Å²) in [5.74, 6) is -0.0691. The van der Waals surface area contributed by atoms with Crippen LogP contribution >= 0.6 is 0 Å². The number of ether oxygens (including phenoxy) is 3. The Bertz CT molecular complexity index is 1420. The molecule has 0 aliphatic heterocycles. The smallest absolute Gasteiger partial charge is 0.408 e. The lowest BCUT2D eigenvalue weighted by molar-refractivity contribution is -0.137. The maximum Gasteiger partial charge on any atom is 0.408 e. The molecule has 0 fully saturated rings. The topological polar surface area (TPSA) is 104 Å². The zero-order valence-electron chi connectivity index (χ0n) is 20.0. The molecule has 0 bridgehead atoms. The van der Waals surface area contributed by atoms with Gasteiger partial charge >= 0.3 is 12.1 Å². The van der Waals surface area contributed by atoms with Crippen molar-refractivity contribution < 1.29 is 28.2 Å². The number of carbonyl (C=O) groups excluding carboxylic acids is 2. The summed E-state index contributed by atoms with van der Waals surface area (Å²) in [5.41, 5.74) is -0.383. The standard InChI is InChI=1S/C28H25NO7/c1-28(2,3)36-27(32)29-24(18-10-6-4-7-11-18)26(31)35-20-14-15-21-22(16-20)33-17-23(25(21)30)34-19-12-8-5-9-13-19/h4-17,24H,1-3H3,(H,29,32). The molecule has 3 aromatic carbocycles. The molecule has 1 amide bonds. The van der Waals surface area contributed by atoms with E-state index < -0.39 is 23.7 Å². The third-order valence-corrected chi connectivity index (χ3v) is 4.93. The summed E-state index contributed by atoms with van der Waals surface area (Å²) in [5, 5.41) is 2.82. The number of fused-ring (bicyclic) bond motifs is 1. The molecule has 1 N–H and O–H groups in total. The largest absolute Gasteiger partial charge is 0.460 e. The predicted octanol–water partition coefficient (Wildman–Crippen LogP) is 5.76. The number of nitrogens with one attached hydrogen (secondary N) is 1. The van der Waals surface area contributed by atoms with Crippen LogP contribution in [0.15, 0.2) is 94.3 Å². The lowest BCUT2D eigenvalue weighted by Gasteiger charge is -2.23. The molecule has 4 aromatic rings. The van der Waals surface area contributed by atoms with Gasteiger partial charge in [-0.05, 0) is 50.6 Å². The zero-order valence-corrected chi connectivity index (χ0v) is 20.0. The number of benzene rings is 3. The summed E-state index contributed by atoms with van der Waals surface area (Å²) in [4.78, 5) is 38.3. The van der Waals surface area contributed by atoms with Crippen molar-refractivity contribution in [3.05, 3.63) is 101 Å². The average molecular weight is 488 g/mol. The number of rotatable bonds is 6. The first kappa shape index (κ1) is 24.5. The minimum absolute atomic E-state index is 0.0316. The Morgan fingerprint density at radius 3 is 2.22 bits per heavy atom. The number of carbonyl (C=O) groups is 2. The summed E-state index contributed by atoms with van der Waals surface area (Å²) in [7, 11) is 0. The summed E-state index contributed by atoms with van der Waals surface area (Å²) >= 11 is 0. The molecular formula is C28H25NO7. The lowest BCUT2D eigenvalue weighted by Crippen LogP contribution is -2.39. The Labute approximate surface area is 207 Å². The Morgan fingerprint density at radius 1 is 0.889 bits per heavy atom. The molecule has 0 aliphatic rings.